The number of para-hydroxylation sites is 6. The van der Waals surface area contributed by atoms with Gasteiger partial charge in [-0.05, 0) is 188 Å². The molecule has 86 heavy (non-hydrogen) atoms. The molecule has 16 rings (SSSR count). The summed E-state index contributed by atoms with van der Waals surface area (Å²) in [5.74, 6) is 8.35. The first-order chi connectivity index (χ1) is 42.0. The Morgan fingerprint density at radius 2 is 0.942 bits per heavy atom. The molecule has 19 nitrogen and oxygen atoms in total. The van der Waals surface area contributed by atoms with Gasteiger partial charge in [0.05, 0.1) is 45.8 Å². The van der Waals surface area contributed by atoms with Crippen molar-refractivity contribution in [2.75, 3.05) is 40.7 Å². The Morgan fingerprint density at radius 1 is 0.581 bits per heavy atom. The van der Waals surface area contributed by atoms with Crippen LogP contribution in [0.25, 0.3) is 11.4 Å². The van der Waals surface area contributed by atoms with Crippen molar-refractivity contribution in [1.29, 1.82) is 5.26 Å². The Morgan fingerprint density at radius 3 is 1.33 bits per heavy atom. The van der Waals surface area contributed by atoms with Crippen molar-refractivity contribution in [2.24, 2.45) is 16.8 Å². The van der Waals surface area contributed by atoms with Crippen molar-refractivity contribution >= 4 is 75.0 Å². The fourth-order valence-corrected chi connectivity index (χ4v) is 15.1. The quantitative estimate of drug-likeness (QED) is 0.0269. The third-order valence-corrected chi connectivity index (χ3v) is 19.3. The summed E-state index contributed by atoms with van der Waals surface area (Å²) in [6.45, 7) is 0. The van der Waals surface area contributed by atoms with Crippen LogP contribution >= 0.6 is 35.0 Å². The summed E-state index contributed by atoms with van der Waals surface area (Å²) in [7, 11) is 6.81. The number of aromatic nitrogens is 2. The zero-order valence-electron chi connectivity index (χ0n) is 49.4. The normalized spacial score (nSPS) is 25.3. The maximum atomic E-state index is 11.3. The molecule has 7 aromatic rings. The van der Waals surface area contributed by atoms with Gasteiger partial charge in [-0.2, -0.15) is 5.26 Å². The van der Waals surface area contributed by atoms with Crippen LogP contribution in [0.4, 0.5) is 34.1 Å². The largest absolute Gasteiger partial charge is 0.453 e. The van der Waals surface area contributed by atoms with Crippen LogP contribution in [0.15, 0.2) is 142 Å². The van der Waals surface area contributed by atoms with Gasteiger partial charge in [0.25, 0.3) is 0 Å². The molecule has 6 fully saturated rings. The lowest BCUT2D eigenvalue weighted by Gasteiger charge is -2.45. The third kappa shape index (κ3) is 11.3. The van der Waals surface area contributed by atoms with Crippen LogP contribution in [-0.4, -0.2) is 122 Å². The van der Waals surface area contributed by atoms with E-state index in [1.807, 2.05) is 108 Å². The van der Waals surface area contributed by atoms with E-state index < -0.39 is 5.76 Å². The van der Waals surface area contributed by atoms with Gasteiger partial charge < -0.3 is 59.8 Å². The molecule has 10 heterocycles. The van der Waals surface area contributed by atoms with Gasteiger partial charge in [0.1, 0.15) is 0 Å². The molecule has 7 N–H and O–H groups in total. The van der Waals surface area contributed by atoms with Crippen LogP contribution in [0.5, 0.6) is 34.5 Å². The highest BCUT2D eigenvalue weighted by Crippen LogP contribution is 2.54. The fraction of sp³-hybridized carbons (Fsp3) is 0.385. The van der Waals surface area contributed by atoms with Gasteiger partial charge in [0.15, 0.2) is 46.2 Å². The fourth-order valence-electron chi connectivity index (χ4n) is 15.1. The number of H-pyrrole nitrogens is 1. The van der Waals surface area contributed by atoms with Crippen LogP contribution in [0.2, 0.25) is 0 Å². The number of oxime groups is 1. The van der Waals surface area contributed by atoms with E-state index in [0.717, 1.165) is 99.9 Å². The van der Waals surface area contributed by atoms with E-state index in [0.29, 0.717) is 76.2 Å². The summed E-state index contributed by atoms with van der Waals surface area (Å²) < 4.78 is 29.4. The van der Waals surface area contributed by atoms with Crippen LogP contribution in [-0.2, 0) is 0 Å². The number of fused-ring (bicyclic) bond motifs is 12. The second-order valence-corrected chi connectivity index (χ2v) is 23.4. The number of piperidine rings is 3. The molecule has 6 atom stereocenters. The second-order valence-electron chi connectivity index (χ2n) is 23.4. The van der Waals surface area contributed by atoms with E-state index in [2.05, 4.69) is 125 Å². The number of nitrogens with one attached hydrogen (secondary N) is 1. The summed E-state index contributed by atoms with van der Waals surface area (Å²) in [6, 6.07) is 49.8. The zero-order valence-corrected chi connectivity index (χ0v) is 51.4. The highest BCUT2D eigenvalue weighted by molar-refractivity contribution is 14.1. The lowest BCUT2D eigenvalue weighted by Crippen LogP contribution is -2.48. The molecule has 9 aliphatic heterocycles. The molecule has 6 aromatic carbocycles. The molecular weight excluding hydrogens is 1220 g/mol. The molecule has 6 bridgehead atoms. The van der Waals surface area contributed by atoms with Crippen LogP contribution < -0.4 is 46.3 Å². The highest BCUT2D eigenvalue weighted by atomic mass is 127. The van der Waals surface area contributed by atoms with Gasteiger partial charge in [-0.3, -0.25) is 9.51 Å². The first-order valence-corrected chi connectivity index (χ1v) is 30.8. The molecule has 6 unspecified atom stereocenters. The standard InChI is InChI=1S/C22H22N4O3.C21H24N4O2.C21H21N3O.CH3I.ClH.H3NO/c1-25-14-7-8-15(25)12-16(11-14)26-17-4-2-3-5-19(17)28-20-10-13(6-9-18(20)26)21-23-22(27)29-24-21;1-24-14-7-8-15(24)12-16(11-14)25-17-4-2-3-5-19(17)27-20-10-13(21(22)23-26)6-9-18(20)25;1-23-15-7-8-16(23)12-17(11-15)24-18-4-2-3-5-20(18)25-21-10-14(13-22)6-9-19(21)24;1-2;;1-2/h2-6,9-10,14-16H,7-8,11-12H2,1H3,(H,23,24,27);2-6,9-10,14-16,26H,7-8,11-12H2,1H3,(H2,22,23);2-6,9-10,15-17H,7-8,11-12H2,1H3;1H3;1H;2H,1H2/i;;;1D;;. The van der Waals surface area contributed by atoms with Crippen molar-refractivity contribution in [1.82, 2.24) is 24.8 Å². The SMILES string of the molecule is CN1C2CCC1CC(N1c3ccccc3Oc3cc(-c4noc(=O)[nH]4)ccc31)C2.CN1C2CCC1CC(N1c3ccccc3Oc3cc(/C(N)=N/O)ccc31)C2.CN1C2CCC1CC(N1c3ccccc3Oc3cc(C#N)ccc31)C2.Cl.NO.[2H]CI. The molecule has 0 saturated carbocycles. The van der Waals surface area contributed by atoms with Gasteiger partial charge in [-0.25, -0.2) is 10.7 Å². The molecule has 450 valence electrons. The maximum absolute atomic E-state index is 11.3. The predicted octanol–water partition coefficient (Wildman–Crippen LogP) is 12.8. The number of nitrogens with two attached hydrogens (primary N) is 2. The first-order valence-electron chi connectivity index (χ1n) is 30.0. The van der Waals surface area contributed by atoms with Crippen LogP contribution in [0.3, 0.4) is 0 Å². The Labute approximate surface area is 522 Å². The number of rotatable bonds is 5. The van der Waals surface area contributed by atoms with Gasteiger partial charge >= 0.3 is 5.76 Å². The summed E-state index contributed by atoms with van der Waals surface area (Å²) in [5.41, 5.74) is 14.4. The van der Waals surface area contributed by atoms with Crippen molar-refractivity contribution in [3.8, 4) is 52.0 Å². The predicted molar refractivity (Wildman–Crippen MR) is 345 cm³/mol. The molecule has 21 heteroatoms. The molecule has 0 amide bonds. The summed E-state index contributed by atoms with van der Waals surface area (Å²) in [6.07, 6.45) is 14.8. The van der Waals surface area contributed by atoms with Crippen molar-refractivity contribution in [3.05, 3.63) is 149 Å². The van der Waals surface area contributed by atoms with Gasteiger partial charge in [-0.1, -0.05) is 69.3 Å². The monoisotopic (exact) mass is 1300 g/mol. The van der Waals surface area contributed by atoms with E-state index in [9.17, 15) is 10.1 Å². The number of halogens is 2. The number of ether oxygens (including phenoxy) is 3. The van der Waals surface area contributed by atoms with E-state index in [1.54, 1.807) is 0 Å². The Hall–Kier alpha value is -7.36. The number of hydrogen-bond acceptors (Lipinski definition) is 17. The molecule has 6 saturated heterocycles. The van der Waals surface area contributed by atoms with Crippen LogP contribution in [0, 0.1) is 11.3 Å². The van der Waals surface area contributed by atoms with E-state index in [-0.39, 0.29) is 18.2 Å². The number of alkyl halides is 1. The third-order valence-electron chi connectivity index (χ3n) is 19.3. The van der Waals surface area contributed by atoms with Crippen LogP contribution in [0.1, 0.15) is 89.5 Å². The molecule has 9 aliphatic rings. The second kappa shape index (κ2) is 25.9. The number of amidine groups is 1. The lowest BCUT2D eigenvalue weighted by molar-refractivity contribution is 0.162. The van der Waals surface area contributed by atoms with E-state index >= 15 is 0 Å². The highest BCUT2D eigenvalue weighted by Gasteiger charge is 2.46. The van der Waals surface area contributed by atoms with Crippen molar-refractivity contribution in [2.45, 2.75) is 131 Å². The minimum atomic E-state index is -0.563. The van der Waals surface area contributed by atoms with Crippen molar-refractivity contribution in [3.63, 3.8) is 0 Å². The average Bonchev–Trinajstić information content (AvgIpc) is 1.82. The van der Waals surface area contributed by atoms with E-state index in [1.165, 1.54) is 51.4 Å². The van der Waals surface area contributed by atoms with E-state index in [4.69, 9.17) is 31.7 Å². The number of nitriles is 1. The maximum Gasteiger partial charge on any atom is 0.439 e. The molecule has 0 aliphatic carbocycles. The number of hydrogen-bond donors (Lipinski definition) is 5. The summed E-state index contributed by atoms with van der Waals surface area (Å²) in [5, 5.41) is 31.7. The Kier molecular flexibility index (Phi) is 17.8. The molecular formula is C65H74ClIN12O7. The van der Waals surface area contributed by atoms with Gasteiger partial charge in [0, 0.05) is 72.9 Å². The molecule has 0 radical (unpaired) electrons. The smallest absolute Gasteiger partial charge is 0.439 e. The number of anilines is 6. The molecule has 0 spiro atoms. The average molecular weight is 1300 g/mol. The van der Waals surface area contributed by atoms with Crippen molar-refractivity contribution < 1.29 is 30.5 Å². The lowest BCUT2D eigenvalue weighted by atomic mass is 9.94. The summed E-state index contributed by atoms with van der Waals surface area (Å²) in [4.78, 5) is 29.5. The number of benzene rings is 6. The Balaban J connectivity index is 0.000000130. The number of aromatic amines is 1. The zero-order chi connectivity index (χ0) is 59.8. The molecule has 1 aromatic heterocycles. The summed E-state index contributed by atoms with van der Waals surface area (Å²) >= 11 is 1.96. The Bertz CT molecular complexity index is 3680. The topological polar surface area (TPSA) is 235 Å². The van der Waals surface area contributed by atoms with Gasteiger partial charge in [0.2, 0.25) is 0 Å². The minimum Gasteiger partial charge on any atom is -0.453 e. The number of nitrogens with zero attached hydrogens (tertiary/aromatic N) is 9. The first kappa shape index (κ1) is 59.0. The van der Waals surface area contributed by atoms with Gasteiger partial charge in [-0.15, -0.1) is 12.4 Å². The minimum absolute atomic E-state index is 0.